The van der Waals surface area contributed by atoms with Crippen LogP contribution in [-0.4, -0.2) is 30.6 Å². The molecule has 0 aliphatic carbocycles. The van der Waals surface area contributed by atoms with Gasteiger partial charge in [0, 0.05) is 0 Å². The zero-order chi connectivity index (χ0) is 12.0. The van der Waals surface area contributed by atoms with Crippen molar-refractivity contribution < 1.29 is 9.53 Å². The molecular weight excluding hydrogens is 231 g/mol. The fourth-order valence-electron chi connectivity index (χ4n) is 1.67. The van der Waals surface area contributed by atoms with Gasteiger partial charge < -0.3 is 0 Å². The zero-order valence-electron chi connectivity index (χ0n) is 9.96. The van der Waals surface area contributed by atoms with Crippen molar-refractivity contribution in [1.29, 1.82) is 0 Å². The van der Waals surface area contributed by atoms with Crippen molar-refractivity contribution in [1.82, 2.24) is 0 Å². The van der Waals surface area contributed by atoms with Crippen LogP contribution in [0, 0.1) is 0 Å². The van der Waals surface area contributed by atoms with Gasteiger partial charge in [-0.3, -0.25) is 0 Å². The predicted molar refractivity (Wildman–Crippen MR) is 70.2 cm³/mol. The number of hydrogen-bond donors (Lipinski definition) is 0. The molecule has 15 heavy (non-hydrogen) atoms. The van der Waals surface area contributed by atoms with Crippen molar-refractivity contribution in [3.63, 3.8) is 0 Å². The van der Waals surface area contributed by atoms with E-state index in [1.165, 1.54) is 6.26 Å². The topological polar surface area (TPSA) is 26.3 Å². The van der Waals surface area contributed by atoms with Crippen LogP contribution in [0.25, 0.3) is 0 Å². The van der Waals surface area contributed by atoms with E-state index in [0.717, 1.165) is 24.6 Å². The molecule has 0 aromatic carbocycles. The Morgan fingerprint density at radius 1 is 1.33 bits per heavy atom. The van der Waals surface area contributed by atoms with Crippen LogP contribution in [-0.2, 0) is 9.53 Å². The Labute approximate surface area is 97.7 Å². The summed E-state index contributed by atoms with van der Waals surface area (Å²) in [6.07, 6.45) is 5.33. The van der Waals surface area contributed by atoms with Gasteiger partial charge in [0.1, 0.15) is 0 Å². The fourth-order valence-corrected chi connectivity index (χ4v) is 4.95. The summed E-state index contributed by atoms with van der Waals surface area (Å²) in [6, 6.07) is 0. The van der Waals surface area contributed by atoms with Gasteiger partial charge in [0.2, 0.25) is 0 Å². The van der Waals surface area contributed by atoms with E-state index in [1.807, 2.05) is 0 Å². The Morgan fingerprint density at radius 3 is 2.13 bits per heavy atom. The molecule has 2 nitrogen and oxygen atoms in total. The summed E-state index contributed by atoms with van der Waals surface area (Å²) < 4.78 is 4.70. The molecule has 0 rings (SSSR count). The Morgan fingerprint density at radius 2 is 1.80 bits per heavy atom. The predicted octanol–water partition coefficient (Wildman–Crippen LogP) is 3.83. The molecule has 0 fully saturated rings. The van der Waals surface area contributed by atoms with Crippen LogP contribution in [0.2, 0.25) is 0 Å². The van der Waals surface area contributed by atoms with Crippen LogP contribution >= 0.6 is 17.2 Å². The molecule has 0 spiro atoms. The van der Waals surface area contributed by atoms with Crippen molar-refractivity contribution in [2.75, 3.05) is 24.6 Å². The van der Waals surface area contributed by atoms with E-state index >= 15 is 0 Å². The SMILES string of the molecule is C=COC(=O)CCP(Cl)(CC)(CC)CC. The number of carbonyl (C=O) groups is 1. The molecule has 0 bridgehead atoms. The molecule has 0 saturated heterocycles. The van der Waals surface area contributed by atoms with Crippen molar-refractivity contribution >= 4 is 23.2 Å². The molecule has 0 N–H and O–H groups in total. The molecule has 0 saturated carbocycles. The first-order valence-electron chi connectivity index (χ1n) is 5.46. The third kappa shape index (κ3) is 4.12. The number of rotatable bonds is 7. The van der Waals surface area contributed by atoms with E-state index < -0.39 is 5.96 Å². The van der Waals surface area contributed by atoms with Gasteiger partial charge in [0.15, 0.2) is 0 Å². The standard InChI is InChI=1S/C11H22ClO2P/c1-5-14-11(13)9-10-15(12,6-2,7-3)8-4/h5H,1,6-10H2,2-4H3. The van der Waals surface area contributed by atoms with Gasteiger partial charge in [-0.2, -0.15) is 0 Å². The summed E-state index contributed by atoms with van der Waals surface area (Å²) in [5.74, 6) is -2.37. The second-order valence-electron chi connectivity index (χ2n) is 3.90. The molecule has 0 aliphatic heterocycles. The molecule has 0 amide bonds. The molecule has 0 radical (unpaired) electrons. The van der Waals surface area contributed by atoms with Gasteiger partial charge >= 0.3 is 97.4 Å². The molecule has 0 aliphatic rings. The molecule has 0 heterocycles. The van der Waals surface area contributed by atoms with Crippen molar-refractivity contribution in [3.05, 3.63) is 12.8 Å². The fraction of sp³-hybridized carbons (Fsp3) is 0.727. The number of ether oxygens (including phenoxy) is 1. The Bertz CT molecular complexity index is 226. The van der Waals surface area contributed by atoms with E-state index in [-0.39, 0.29) is 5.97 Å². The van der Waals surface area contributed by atoms with E-state index in [2.05, 4.69) is 27.4 Å². The van der Waals surface area contributed by atoms with Crippen LogP contribution in [0.5, 0.6) is 0 Å². The van der Waals surface area contributed by atoms with Crippen molar-refractivity contribution in [2.45, 2.75) is 27.2 Å². The minimum absolute atomic E-state index is 0.227. The third-order valence-corrected chi connectivity index (χ3v) is 12.2. The first-order valence-corrected chi connectivity index (χ1v) is 9.34. The number of halogens is 1. The van der Waals surface area contributed by atoms with E-state index in [1.54, 1.807) is 0 Å². The van der Waals surface area contributed by atoms with Crippen molar-refractivity contribution in [2.24, 2.45) is 0 Å². The third-order valence-electron chi connectivity index (χ3n) is 3.46. The Kier molecular flexibility index (Phi) is 5.84. The van der Waals surface area contributed by atoms with Gasteiger partial charge in [0.05, 0.1) is 0 Å². The molecule has 0 aromatic rings. The monoisotopic (exact) mass is 252 g/mol. The van der Waals surface area contributed by atoms with Crippen LogP contribution in [0.15, 0.2) is 12.8 Å². The van der Waals surface area contributed by atoms with E-state index in [0.29, 0.717) is 6.42 Å². The molecule has 4 heteroatoms. The van der Waals surface area contributed by atoms with Crippen molar-refractivity contribution in [3.8, 4) is 0 Å². The van der Waals surface area contributed by atoms with E-state index in [9.17, 15) is 4.79 Å². The maximum absolute atomic E-state index is 11.2. The van der Waals surface area contributed by atoms with Gasteiger partial charge in [-0.15, -0.1) is 0 Å². The van der Waals surface area contributed by atoms with Gasteiger partial charge in [-0.1, -0.05) is 0 Å². The second-order valence-corrected chi connectivity index (χ2v) is 12.8. The minimum atomic E-state index is -2.14. The van der Waals surface area contributed by atoms with E-state index in [4.69, 9.17) is 16.0 Å². The second kappa shape index (κ2) is 5.86. The normalized spacial score (nSPS) is 14.0. The maximum atomic E-state index is 11.2. The Hall–Kier alpha value is -0.0700. The summed E-state index contributed by atoms with van der Waals surface area (Å²) in [5.41, 5.74) is 0. The average Bonchev–Trinajstić information content (AvgIpc) is 2.27. The van der Waals surface area contributed by atoms with Gasteiger partial charge in [-0.05, 0) is 0 Å². The molecular formula is C11H22ClO2P. The quantitative estimate of drug-likeness (QED) is 0.391. The van der Waals surface area contributed by atoms with Crippen LogP contribution in [0.1, 0.15) is 27.2 Å². The summed E-state index contributed by atoms with van der Waals surface area (Å²) >= 11 is 6.79. The summed E-state index contributed by atoms with van der Waals surface area (Å²) in [4.78, 5) is 11.2. The first kappa shape index (κ1) is 14.9. The summed E-state index contributed by atoms with van der Waals surface area (Å²) in [5, 5.41) is 0. The average molecular weight is 253 g/mol. The summed E-state index contributed by atoms with van der Waals surface area (Å²) in [7, 11) is 0. The molecule has 90 valence electrons. The summed E-state index contributed by atoms with van der Waals surface area (Å²) in [6.45, 7) is 9.72. The van der Waals surface area contributed by atoms with Gasteiger partial charge in [-0.25, -0.2) is 0 Å². The number of esters is 1. The number of hydrogen-bond acceptors (Lipinski definition) is 2. The Balaban J connectivity index is 4.44. The van der Waals surface area contributed by atoms with Crippen LogP contribution in [0.4, 0.5) is 0 Å². The molecule has 0 atom stereocenters. The zero-order valence-corrected chi connectivity index (χ0v) is 11.6. The first-order chi connectivity index (χ1) is 6.93. The molecule has 0 unspecified atom stereocenters. The van der Waals surface area contributed by atoms with Crippen LogP contribution < -0.4 is 0 Å². The van der Waals surface area contributed by atoms with Crippen LogP contribution in [0.3, 0.4) is 0 Å². The number of carbonyl (C=O) groups excluding carboxylic acids is 1. The molecule has 0 aromatic heterocycles. The van der Waals surface area contributed by atoms with Gasteiger partial charge in [0.25, 0.3) is 0 Å².